The van der Waals surface area contributed by atoms with Crippen LogP contribution < -0.4 is 23.8 Å². The van der Waals surface area contributed by atoms with Crippen LogP contribution in [0, 0.1) is 0 Å². The van der Waals surface area contributed by atoms with Gasteiger partial charge in [0, 0.05) is 24.7 Å². The lowest BCUT2D eigenvalue weighted by Gasteiger charge is -2.22. The number of carbonyl (C=O) groups is 1. The minimum Gasteiger partial charge on any atom is -0.497 e. The molecule has 9 heteroatoms. The van der Waals surface area contributed by atoms with Crippen LogP contribution in [-0.4, -0.2) is 47.4 Å². The molecule has 0 saturated heterocycles. The van der Waals surface area contributed by atoms with E-state index in [2.05, 4.69) is 5.32 Å². The summed E-state index contributed by atoms with van der Waals surface area (Å²) in [4.78, 5) is 12.3. The lowest BCUT2D eigenvalue weighted by Crippen LogP contribution is -2.31. The number of carbonyl (C=O) groups excluding carboxylic acids is 1. The Kier molecular flexibility index (Phi) is 6.48. The van der Waals surface area contributed by atoms with Crippen LogP contribution in [0.25, 0.3) is 0 Å². The number of ether oxygens (including phenoxy) is 3. The van der Waals surface area contributed by atoms with Gasteiger partial charge in [0.15, 0.2) is 11.5 Å². The number of hydrogen-bond acceptors (Lipinski definition) is 6. The van der Waals surface area contributed by atoms with Crippen molar-refractivity contribution in [3.05, 3.63) is 42.5 Å². The second-order valence-electron chi connectivity index (χ2n) is 6.54. The topological polar surface area (TPSA) is 94.2 Å². The van der Waals surface area contributed by atoms with Gasteiger partial charge in [-0.3, -0.25) is 9.10 Å². The first-order chi connectivity index (χ1) is 13.9. The van der Waals surface area contributed by atoms with Crippen molar-refractivity contribution in [1.29, 1.82) is 0 Å². The van der Waals surface area contributed by atoms with Crippen molar-refractivity contribution in [1.82, 2.24) is 0 Å². The minimum atomic E-state index is -3.47. The summed E-state index contributed by atoms with van der Waals surface area (Å²) < 4.78 is 41.7. The van der Waals surface area contributed by atoms with E-state index in [1.807, 2.05) is 0 Å². The molecule has 3 rings (SSSR count). The fraction of sp³-hybridized carbons (Fsp3) is 0.350. The third kappa shape index (κ3) is 5.54. The highest BCUT2D eigenvalue weighted by atomic mass is 32.2. The van der Waals surface area contributed by atoms with Crippen molar-refractivity contribution >= 4 is 27.3 Å². The molecule has 0 spiro atoms. The maximum atomic E-state index is 12.3. The Bertz CT molecular complexity index is 959. The van der Waals surface area contributed by atoms with Crippen LogP contribution in [0.3, 0.4) is 0 Å². The van der Waals surface area contributed by atoms with Gasteiger partial charge in [-0.25, -0.2) is 8.42 Å². The van der Waals surface area contributed by atoms with Crippen LogP contribution in [0.15, 0.2) is 42.5 Å². The third-order valence-electron chi connectivity index (χ3n) is 4.35. The SMILES string of the molecule is COc1ccc(N(CCCC(=O)Nc2ccc3c(c2)OCCO3)S(C)(=O)=O)cc1. The van der Waals surface area contributed by atoms with E-state index in [9.17, 15) is 13.2 Å². The van der Waals surface area contributed by atoms with Crippen molar-refractivity contribution in [2.75, 3.05) is 42.7 Å². The Morgan fingerprint density at radius 3 is 2.45 bits per heavy atom. The number of nitrogens with one attached hydrogen (secondary N) is 1. The summed E-state index contributed by atoms with van der Waals surface area (Å²) in [7, 11) is -1.93. The van der Waals surface area contributed by atoms with E-state index in [0.717, 1.165) is 6.26 Å². The van der Waals surface area contributed by atoms with Crippen LogP contribution in [0.1, 0.15) is 12.8 Å². The summed E-state index contributed by atoms with van der Waals surface area (Å²) in [6.45, 7) is 1.17. The molecular weight excluding hydrogens is 396 g/mol. The van der Waals surface area contributed by atoms with E-state index in [1.54, 1.807) is 49.6 Å². The van der Waals surface area contributed by atoms with Crippen molar-refractivity contribution in [3.63, 3.8) is 0 Å². The molecule has 2 aromatic carbocycles. The van der Waals surface area contributed by atoms with Crippen LogP contribution in [0.5, 0.6) is 17.2 Å². The average Bonchev–Trinajstić information content (AvgIpc) is 2.70. The number of anilines is 2. The van der Waals surface area contributed by atoms with E-state index >= 15 is 0 Å². The third-order valence-corrected chi connectivity index (χ3v) is 5.55. The zero-order valence-electron chi connectivity index (χ0n) is 16.4. The van der Waals surface area contributed by atoms with E-state index in [1.165, 1.54) is 4.31 Å². The standard InChI is InChI=1S/C20H24N2O6S/c1-26-17-8-6-16(7-9-17)22(29(2,24)25)11-3-4-20(23)21-15-5-10-18-19(14-15)28-13-12-27-18/h5-10,14H,3-4,11-13H2,1-2H3,(H,21,23). The molecule has 0 aromatic heterocycles. The molecule has 1 heterocycles. The van der Waals surface area contributed by atoms with Gasteiger partial charge >= 0.3 is 0 Å². The Morgan fingerprint density at radius 1 is 1.10 bits per heavy atom. The first kappa shape index (κ1) is 20.8. The largest absolute Gasteiger partial charge is 0.497 e. The average molecular weight is 420 g/mol. The van der Waals surface area contributed by atoms with Gasteiger partial charge in [0.05, 0.1) is 19.1 Å². The predicted molar refractivity (Wildman–Crippen MR) is 110 cm³/mol. The van der Waals surface area contributed by atoms with Crippen LogP contribution in [-0.2, 0) is 14.8 Å². The van der Waals surface area contributed by atoms with Crippen molar-refractivity contribution in [2.24, 2.45) is 0 Å². The lowest BCUT2D eigenvalue weighted by molar-refractivity contribution is -0.116. The van der Waals surface area contributed by atoms with Crippen molar-refractivity contribution < 1.29 is 27.4 Å². The smallest absolute Gasteiger partial charge is 0.232 e. The molecule has 1 amide bonds. The molecule has 1 aliphatic rings. The summed E-state index contributed by atoms with van der Waals surface area (Å²) in [6.07, 6.45) is 1.69. The Morgan fingerprint density at radius 2 is 1.79 bits per heavy atom. The number of rotatable bonds is 8. The summed E-state index contributed by atoms with van der Waals surface area (Å²) in [5, 5.41) is 2.80. The van der Waals surface area contributed by atoms with Gasteiger partial charge in [-0.2, -0.15) is 0 Å². The zero-order chi connectivity index (χ0) is 20.9. The monoisotopic (exact) mass is 420 g/mol. The highest BCUT2D eigenvalue weighted by Gasteiger charge is 2.18. The molecule has 0 saturated carbocycles. The predicted octanol–water partition coefficient (Wildman–Crippen LogP) is 2.65. The lowest BCUT2D eigenvalue weighted by atomic mass is 10.2. The minimum absolute atomic E-state index is 0.177. The molecule has 1 aliphatic heterocycles. The number of hydrogen-bond donors (Lipinski definition) is 1. The van der Waals surface area contributed by atoms with Gasteiger partial charge in [0.25, 0.3) is 0 Å². The highest BCUT2D eigenvalue weighted by molar-refractivity contribution is 7.92. The number of amides is 1. The Hall–Kier alpha value is -2.94. The highest BCUT2D eigenvalue weighted by Crippen LogP contribution is 2.32. The number of methoxy groups -OCH3 is 1. The summed E-state index contributed by atoms with van der Waals surface area (Å²) in [5.74, 6) is 1.68. The molecule has 2 aromatic rings. The summed E-state index contributed by atoms with van der Waals surface area (Å²) in [5.41, 5.74) is 1.13. The Balaban J connectivity index is 1.57. The van der Waals surface area contributed by atoms with Gasteiger partial charge in [-0.05, 0) is 42.8 Å². The second kappa shape index (κ2) is 9.04. The molecular formula is C20H24N2O6S. The maximum Gasteiger partial charge on any atom is 0.232 e. The number of nitrogens with zero attached hydrogens (tertiary/aromatic N) is 1. The molecule has 0 unspecified atom stereocenters. The second-order valence-corrected chi connectivity index (χ2v) is 8.45. The van der Waals surface area contributed by atoms with E-state index in [-0.39, 0.29) is 18.9 Å². The number of benzene rings is 2. The first-order valence-corrected chi connectivity index (χ1v) is 11.0. The molecule has 156 valence electrons. The summed E-state index contributed by atoms with van der Waals surface area (Å²) >= 11 is 0. The fourth-order valence-corrected chi connectivity index (χ4v) is 3.93. The van der Waals surface area contributed by atoms with Crippen LogP contribution >= 0.6 is 0 Å². The molecule has 29 heavy (non-hydrogen) atoms. The fourth-order valence-electron chi connectivity index (χ4n) is 2.96. The van der Waals surface area contributed by atoms with E-state index in [0.29, 0.717) is 48.3 Å². The molecule has 0 aliphatic carbocycles. The number of sulfonamides is 1. The molecule has 1 N–H and O–H groups in total. The quantitative estimate of drug-likeness (QED) is 0.706. The van der Waals surface area contributed by atoms with Crippen molar-refractivity contribution in [3.8, 4) is 17.2 Å². The van der Waals surface area contributed by atoms with Gasteiger partial charge in [-0.15, -0.1) is 0 Å². The molecule has 0 radical (unpaired) electrons. The van der Waals surface area contributed by atoms with Gasteiger partial charge in [-0.1, -0.05) is 0 Å². The van der Waals surface area contributed by atoms with Gasteiger partial charge in [0.1, 0.15) is 19.0 Å². The molecule has 0 bridgehead atoms. The first-order valence-electron chi connectivity index (χ1n) is 9.18. The normalized spacial score (nSPS) is 12.9. The summed E-state index contributed by atoms with van der Waals surface area (Å²) in [6, 6.07) is 12.0. The molecule has 8 nitrogen and oxygen atoms in total. The van der Waals surface area contributed by atoms with Gasteiger partial charge < -0.3 is 19.5 Å². The molecule has 0 atom stereocenters. The number of fused-ring (bicyclic) bond motifs is 1. The maximum absolute atomic E-state index is 12.3. The zero-order valence-corrected chi connectivity index (χ0v) is 17.2. The van der Waals surface area contributed by atoms with Crippen molar-refractivity contribution in [2.45, 2.75) is 12.8 Å². The van der Waals surface area contributed by atoms with Gasteiger partial charge in [0.2, 0.25) is 15.9 Å². The van der Waals surface area contributed by atoms with Crippen LogP contribution in [0.2, 0.25) is 0 Å². The molecule has 0 fully saturated rings. The van der Waals surface area contributed by atoms with E-state index in [4.69, 9.17) is 14.2 Å². The van der Waals surface area contributed by atoms with Crippen LogP contribution in [0.4, 0.5) is 11.4 Å². The Labute approximate surface area is 170 Å². The van der Waals surface area contributed by atoms with E-state index < -0.39 is 10.0 Å².